The smallest absolute Gasteiger partial charge is 0.208 e. The number of fused-ring (bicyclic) bond motifs is 1. The van der Waals surface area contributed by atoms with Crippen LogP contribution >= 0.6 is 23.1 Å². The average Bonchev–Trinajstić information content (AvgIpc) is 3.02. The van der Waals surface area contributed by atoms with Crippen LogP contribution in [-0.4, -0.2) is 33.7 Å². The van der Waals surface area contributed by atoms with Crippen LogP contribution in [-0.2, 0) is 6.54 Å². The molecule has 8 heteroatoms. The second-order valence-corrected chi connectivity index (χ2v) is 6.54. The topological polar surface area (TPSA) is 72.3 Å². The number of aromatic nitrogens is 4. The van der Waals surface area contributed by atoms with Crippen molar-refractivity contribution in [1.29, 1.82) is 0 Å². The van der Waals surface area contributed by atoms with Gasteiger partial charge in [0, 0.05) is 26.8 Å². The van der Waals surface area contributed by atoms with Crippen LogP contribution in [0.25, 0.3) is 5.65 Å². The zero-order chi connectivity index (χ0) is 14.1. The Kier molecular flexibility index (Phi) is 3.60. The third kappa shape index (κ3) is 2.37. The van der Waals surface area contributed by atoms with Gasteiger partial charge in [-0.1, -0.05) is 17.4 Å². The minimum Gasteiger partial charge on any atom is -0.353 e. The third-order valence-corrected chi connectivity index (χ3v) is 4.91. The number of hydrogen-bond donors (Lipinski definition) is 1. The highest BCUT2D eigenvalue weighted by molar-refractivity contribution is 8.01. The van der Waals surface area contributed by atoms with Crippen molar-refractivity contribution in [2.45, 2.75) is 15.9 Å². The van der Waals surface area contributed by atoms with Crippen molar-refractivity contribution >= 4 is 33.9 Å². The summed E-state index contributed by atoms with van der Waals surface area (Å²) in [6.07, 6.45) is 1.97. The molecule has 0 unspecified atom stereocenters. The second-order valence-electron chi connectivity index (χ2n) is 4.34. The minimum atomic E-state index is 0.437. The lowest BCUT2D eigenvalue weighted by molar-refractivity contribution is 0.918. The van der Waals surface area contributed by atoms with E-state index in [-0.39, 0.29) is 0 Å². The van der Waals surface area contributed by atoms with Gasteiger partial charge in [-0.05, 0) is 23.9 Å². The number of pyridine rings is 1. The molecule has 0 saturated carbocycles. The number of hydrogen-bond acceptors (Lipinski definition) is 7. The van der Waals surface area contributed by atoms with Gasteiger partial charge in [-0.3, -0.25) is 0 Å². The van der Waals surface area contributed by atoms with Crippen molar-refractivity contribution < 1.29 is 0 Å². The molecule has 0 bridgehead atoms. The van der Waals surface area contributed by atoms with Gasteiger partial charge in [-0.25, -0.2) is 4.98 Å². The first-order valence-corrected chi connectivity index (χ1v) is 7.67. The van der Waals surface area contributed by atoms with Crippen LogP contribution in [0.3, 0.4) is 0 Å². The van der Waals surface area contributed by atoms with Crippen LogP contribution in [0.4, 0.5) is 5.13 Å². The van der Waals surface area contributed by atoms with Gasteiger partial charge >= 0.3 is 0 Å². The van der Waals surface area contributed by atoms with E-state index in [4.69, 9.17) is 5.73 Å². The Morgan fingerprint density at radius 1 is 1.35 bits per heavy atom. The first kappa shape index (κ1) is 13.3. The summed E-state index contributed by atoms with van der Waals surface area (Å²) in [5, 5.41) is 10.1. The Morgan fingerprint density at radius 3 is 2.90 bits per heavy atom. The molecule has 3 aromatic rings. The molecule has 0 aromatic carbocycles. The van der Waals surface area contributed by atoms with E-state index in [1.165, 1.54) is 11.8 Å². The van der Waals surface area contributed by atoms with Gasteiger partial charge in [0.05, 0.1) is 5.69 Å². The molecular formula is C12H14N6S2. The minimum absolute atomic E-state index is 0.437. The van der Waals surface area contributed by atoms with Crippen molar-refractivity contribution in [3.63, 3.8) is 0 Å². The fourth-order valence-corrected chi connectivity index (χ4v) is 3.61. The monoisotopic (exact) mass is 306 g/mol. The maximum absolute atomic E-state index is 5.85. The number of nitrogens with two attached hydrogens (primary N) is 1. The molecule has 20 heavy (non-hydrogen) atoms. The largest absolute Gasteiger partial charge is 0.353 e. The zero-order valence-electron chi connectivity index (χ0n) is 11.1. The first-order chi connectivity index (χ1) is 9.69. The predicted octanol–water partition coefficient (Wildman–Crippen LogP) is 1.86. The molecule has 0 saturated heterocycles. The van der Waals surface area contributed by atoms with Crippen LogP contribution in [0.15, 0.2) is 33.8 Å². The molecule has 0 amide bonds. The van der Waals surface area contributed by atoms with Crippen molar-refractivity contribution in [3.8, 4) is 0 Å². The molecule has 0 radical (unpaired) electrons. The first-order valence-electron chi connectivity index (χ1n) is 6.03. The van der Waals surface area contributed by atoms with E-state index < -0.39 is 0 Å². The van der Waals surface area contributed by atoms with Crippen molar-refractivity contribution in [3.05, 3.63) is 30.1 Å². The highest BCUT2D eigenvalue weighted by Gasteiger charge is 2.15. The number of nitrogens with zero attached hydrogens (tertiary/aromatic N) is 5. The van der Waals surface area contributed by atoms with Gasteiger partial charge in [0.15, 0.2) is 4.34 Å². The second kappa shape index (κ2) is 5.39. The zero-order valence-corrected chi connectivity index (χ0v) is 12.8. The Labute approximate surface area is 124 Å². The molecule has 3 rings (SSSR count). The van der Waals surface area contributed by atoms with Gasteiger partial charge in [0.2, 0.25) is 5.13 Å². The van der Waals surface area contributed by atoms with Gasteiger partial charge in [0.1, 0.15) is 10.7 Å². The highest BCUT2D eigenvalue weighted by atomic mass is 32.2. The quantitative estimate of drug-likeness (QED) is 0.793. The molecule has 3 aromatic heterocycles. The molecular weight excluding hydrogens is 292 g/mol. The lowest BCUT2D eigenvalue weighted by Crippen LogP contribution is -2.07. The van der Waals surface area contributed by atoms with Gasteiger partial charge in [-0.15, -0.1) is 10.2 Å². The van der Waals surface area contributed by atoms with E-state index in [9.17, 15) is 0 Å². The summed E-state index contributed by atoms with van der Waals surface area (Å²) < 4.78 is 2.88. The Balaban J connectivity index is 1.97. The molecule has 0 aliphatic heterocycles. The SMILES string of the molecule is CN(C)c1nnc(Sc2nc3ccccn3c2CN)s1. The lowest BCUT2D eigenvalue weighted by Gasteiger charge is -2.03. The molecule has 0 spiro atoms. The normalized spacial score (nSPS) is 11.2. The van der Waals surface area contributed by atoms with Crippen LogP contribution in [0.5, 0.6) is 0 Å². The number of imidazole rings is 1. The molecule has 6 nitrogen and oxygen atoms in total. The molecule has 0 fully saturated rings. The van der Waals surface area contributed by atoms with Crippen molar-refractivity contribution in [2.24, 2.45) is 5.73 Å². The molecule has 0 atom stereocenters. The fraction of sp³-hybridized carbons (Fsp3) is 0.250. The van der Waals surface area contributed by atoms with E-state index in [1.54, 1.807) is 11.3 Å². The summed E-state index contributed by atoms with van der Waals surface area (Å²) in [5.41, 5.74) is 7.74. The van der Waals surface area contributed by atoms with E-state index >= 15 is 0 Å². The summed E-state index contributed by atoms with van der Waals surface area (Å²) in [7, 11) is 3.90. The summed E-state index contributed by atoms with van der Waals surface area (Å²) in [5.74, 6) is 0. The molecule has 0 aliphatic carbocycles. The van der Waals surface area contributed by atoms with E-state index in [0.29, 0.717) is 6.54 Å². The highest BCUT2D eigenvalue weighted by Crippen LogP contribution is 2.34. The Bertz CT molecular complexity index is 732. The summed E-state index contributed by atoms with van der Waals surface area (Å²) in [6.45, 7) is 0.437. The van der Waals surface area contributed by atoms with Crippen molar-refractivity contribution in [1.82, 2.24) is 19.6 Å². The van der Waals surface area contributed by atoms with E-state index in [0.717, 1.165) is 25.8 Å². The molecule has 2 N–H and O–H groups in total. The average molecular weight is 306 g/mol. The molecule has 104 valence electrons. The summed E-state index contributed by atoms with van der Waals surface area (Å²) >= 11 is 3.05. The van der Waals surface area contributed by atoms with Crippen LogP contribution in [0.2, 0.25) is 0 Å². The Morgan fingerprint density at radius 2 is 2.20 bits per heavy atom. The summed E-state index contributed by atoms with van der Waals surface area (Å²) in [6, 6.07) is 5.90. The van der Waals surface area contributed by atoms with Crippen LogP contribution < -0.4 is 10.6 Å². The lowest BCUT2D eigenvalue weighted by atomic mass is 10.4. The Hall–Kier alpha value is -1.64. The third-order valence-electron chi connectivity index (χ3n) is 2.75. The maximum Gasteiger partial charge on any atom is 0.208 e. The molecule has 3 heterocycles. The van der Waals surface area contributed by atoms with Gasteiger partial charge in [0.25, 0.3) is 0 Å². The van der Waals surface area contributed by atoms with E-state index in [1.807, 2.05) is 47.8 Å². The van der Waals surface area contributed by atoms with Gasteiger partial charge in [-0.2, -0.15) is 0 Å². The summed E-state index contributed by atoms with van der Waals surface area (Å²) in [4.78, 5) is 6.54. The standard InChI is InChI=1S/C12H14N6S2/c1-17(2)11-15-16-12(20-11)19-10-8(7-13)18-6-4-3-5-9(18)14-10/h3-6H,7,13H2,1-2H3. The fourth-order valence-electron chi connectivity index (χ4n) is 1.80. The van der Waals surface area contributed by atoms with Crippen LogP contribution in [0, 0.1) is 0 Å². The van der Waals surface area contributed by atoms with Crippen molar-refractivity contribution in [2.75, 3.05) is 19.0 Å². The molecule has 0 aliphatic rings. The van der Waals surface area contributed by atoms with Crippen LogP contribution in [0.1, 0.15) is 5.69 Å². The number of rotatable bonds is 4. The van der Waals surface area contributed by atoms with Gasteiger partial charge < -0.3 is 15.0 Å². The maximum atomic E-state index is 5.85. The number of anilines is 1. The predicted molar refractivity (Wildman–Crippen MR) is 81.4 cm³/mol. The van der Waals surface area contributed by atoms with E-state index in [2.05, 4.69) is 15.2 Å².